The molecule has 0 aromatic carbocycles. The van der Waals surface area contributed by atoms with Crippen LogP contribution >= 0.6 is 0 Å². The molecule has 0 aromatic rings. The van der Waals surface area contributed by atoms with Crippen LogP contribution < -0.4 is 0 Å². The third kappa shape index (κ3) is 5.91. The van der Waals surface area contributed by atoms with Crippen LogP contribution in [0.5, 0.6) is 0 Å². The molecule has 1 atom stereocenters. The predicted octanol–water partition coefficient (Wildman–Crippen LogP) is 2.81. The Hall–Kier alpha value is -0.610. The zero-order chi connectivity index (χ0) is 14.1. The number of carbonyl (C=O) groups excluding carboxylic acids is 1. The maximum Gasteiger partial charge on any atom is 0.222 e. The summed E-state index contributed by atoms with van der Waals surface area (Å²) in [4.78, 5) is 14.0. The minimum Gasteiger partial charge on any atom is -0.351 e. The summed E-state index contributed by atoms with van der Waals surface area (Å²) in [5.74, 6) is 0.958. The molecule has 1 rings (SSSR count). The van der Waals surface area contributed by atoms with Crippen LogP contribution in [-0.4, -0.2) is 43.4 Å². The molecule has 1 aliphatic rings. The van der Waals surface area contributed by atoms with Crippen LogP contribution in [-0.2, 0) is 14.3 Å². The van der Waals surface area contributed by atoms with Crippen molar-refractivity contribution in [1.82, 2.24) is 4.90 Å². The summed E-state index contributed by atoms with van der Waals surface area (Å²) in [5, 5.41) is 0. The normalized spacial score (nSPS) is 20.9. The van der Waals surface area contributed by atoms with Gasteiger partial charge in [0.2, 0.25) is 5.91 Å². The van der Waals surface area contributed by atoms with E-state index in [1.165, 1.54) is 12.8 Å². The number of hydrogen-bond donors (Lipinski definition) is 0. The molecule has 1 saturated heterocycles. The molecule has 0 aromatic heterocycles. The standard InChI is InChI=1S/C15H29NO3/c1-4-7-13-8-9-14(17)16(11-10-13)12-15(18-5-2)19-6-3/h13,15H,4-12H2,1-3H3. The molecule has 1 heterocycles. The van der Waals surface area contributed by atoms with E-state index in [0.29, 0.717) is 32.1 Å². The topological polar surface area (TPSA) is 38.8 Å². The minimum atomic E-state index is -0.276. The summed E-state index contributed by atoms with van der Waals surface area (Å²) < 4.78 is 11.1. The van der Waals surface area contributed by atoms with Crippen LogP contribution in [0.4, 0.5) is 0 Å². The van der Waals surface area contributed by atoms with Gasteiger partial charge in [-0.15, -0.1) is 0 Å². The molecule has 19 heavy (non-hydrogen) atoms. The van der Waals surface area contributed by atoms with Gasteiger partial charge in [-0.25, -0.2) is 0 Å². The van der Waals surface area contributed by atoms with E-state index in [0.717, 1.165) is 19.4 Å². The lowest BCUT2D eigenvalue weighted by Crippen LogP contribution is -2.39. The van der Waals surface area contributed by atoms with Crippen molar-refractivity contribution in [2.45, 2.75) is 59.2 Å². The van der Waals surface area contributed by atoms with Gasteiger partial charge in [0.15, 0.2) is 6.29 Å². The molecule has 0 spiro atoms. The fraction of sp³-hybridized carbons (Fsp3) is 0.933. The third-order valence-electron chi connectivity index (χ3n) is 3.70. The van der Waals surface area contributed by atoms with Gasteiger partial charge in [0, 0.05) is 26.2 Å². The maximum absolute atomic E-state index is 12.1. The number of likely N-dealkylation sites (tertiary alicyclic amines) is 1. The van der Waals surface area contributed by atoms with Crippen molar-refractivity contribution in [3.8, 4) is 0 Å². The Bertz CT molecular complexity index is 252. The van der Waals surface area contributed by atoms with Gasteiger partial charge in [-0.2, -0.15) is 0 Å². The lowest BCUT2D eigenvalue weighted by atomic mass is 9.96. The molecule has 0 bridgehead atoms. The van der Waals surface area contributed by atoms with Crippen LogP contribution in [0.1, 0.15) is 52.9 Å². The molecule has 4 nitrogen and oxygen atoms in total. The Morgan fingerprint density at radius 2 is 1.89 bits per heavy atom. The molecule has 4 heteroatoms. The lowest BCUT2D eigenvalue weighted by Gasteiger charge is -2.26. The molecular formula is C15H29NO3. The largest absolute Gasteiger partial charge is 0.351 e. The van der Waals surface area contributed by atoms with Gasteiger partial charge in [0.25, 0.3) is 0 Å². The van der Waals surface area contributed by atoms with E-state index in [2.05, 4.69) is 6.92 Å². The van der Waals surface area contributed by atoms with Crippen molar-refractivity contribution >= 4 is 5.91 Å². The zero-order valence-electron chi connectivity index (χ0n) is 12.7. The predicted molar refractivity (Wildman–Crippen MR) is 75.9 cm³/mol. The second-order valence-electron chi connectivity index (χ2n) is 5.16. The monoisotopic (exact) mass is 271 g/mol. The highest BCUT2D eigenvalue weighted by molar-refractivity contribution is 5.76. The summed E-state index contributed by atoms with van der Waals surface area (Å²) >= 11 is 0. The summed E-state index contributed by atoms with van der Waals surface area (Å²) in [6, 6.07) is 0. The average molecular weight is 271 g/mol. The quantitative estimate of drug-likeness (QED) is 0.637. The van der Waals surface area contributed by atoms with Gasteiger partial charge in [-0.3, -0.25) is 4.79 Å². The van der Waals surface area contributed by atoms with Crippen molar-refractivity contribution in [2.24, 2.45) is 5.92 Å². The number of hydrogen-bond acceptors (Lipinski definition) is 3. The number of amides is 1. The van der Waals surface area contributed by atoms with Gasteiger partial charge in [-0.05, 0) is 32.6 Å². The fourth-order valence-corrected chi connectivity index (χ4v) is 2.69. The summed E-state index contributed by atoms with van der Waals surface area (Å²) in [6.45, 7) is 8.77. The van der Waals surface area contributed by atoms with Crippen molar-refractivity contribution in [3.05, 3.63) is 0 Å². The minimum absolute atomic E-state index is 0.253. The van der Waals surface area contributed by atoms with E-state index in [1.807, 2.05) is 18.7 Å². The Morgan fingerprint density at radius 3 is 2.47 bits per heavy atom. The molecule has 0 saturated carbocycles. The number of rotatable bonds is 8. The second kappa shape index (κ2) is 9.32. The maximum atomic E-state index is 12.1. The molecule has 0 aliphatic carbocycles. The highest BCUT2D eigenvalue weighted by atomic mass is 16.7. The van der Waals surface area contributed by atoms with E-state index in [1.54, 1.807) is 0 Å². The van der Waals surface area contributed by atoms with Gasteiger partial charge in [0.1, 0.15) is 0 Å². The first-order valence-electron chi connectivity index (χ1n) is 7.72. The lowest BCUT2D eigenvalue weighted by molar-refractivity contribution is -0.158. The first-order chi connectivity index (χ1) is 9.21. The summed E-state index contributed by atoms with van der Waals surface area (Å²) in [5.41, 5.74) is 0. The van der Waals surface area contributed by atoms with Crippen LogP contribution in [0.15, 0.2) is 0 Å². The van der Waals surface area contributed by atoms with Gasteiger partial charge >= 0.3 is 0 Å². The van der Waals surface area contributed by atoms with Gasteiger partial charge in [-0.1, -0.05) is 19.8 Å². The summed E-state index contributed by atoms with van der Waals surface area (Å²) in [6.07, 6.45) is 5.00. The average Bonchev–Trinajstić information content (AvgIpc) is 2.55. The van der Waals surface area contributed by atoms with E-state index in [-0.39, 0.29) is 12.2 Å². The van der Waals surface area contributed by atoms with Crippen LogP contribution in [0.25, 0.3) is 0 Å². The molecule has 0 radical (unpaired) electrons. The van der Waals surface area contributed by atoms with E-state index in [9.17, 15) is 4.79 Å². The van der Waals surface area contributed by atoms with Gasteiger partial charge in [0.05, 0.1) is 6.54 Å². The molecular weight excluding hydrogens is 242 g/mol. The Labute approximate surface area is 117 Å². The first kappa shape index (κ1) is 16.4. The van der Waals surface area contributed by atoms with Crippen LogP contribution in [0, 0.1) is 5.92 Å². The number of nitrogens with zero attached hydrogens (tertiary/aromatic N) is 1. The molecule has 1 fully saturated rings. The highest BCUT2D eigenvalue weighted by Gasteiger charge is 2.24. The van der Waals surface area contributed by atoms with Crippen molar-refractivity contribution in [3.63, 3.8) is 0 Å². The number of ether oxygens (including phenoxy) is 2. The first-order valence-corrected chi connectivity index (χ1v) is 7.72. The van der Waals surface area contributed by atoms with Crippen LogP contribution in [0.3, 0.4) is 0 Å². The fourth-order valence-electron chi connectivity index (χ4n) is 2.69. The van der Waals surface area contributed by atoms with Gasteiger partial charge < -0.3 is 14.4 Å². The van der Waals surface area contributed by atoms with Crippen molar-refractivity contribution in [2.75, 3.05) is 26.3 Å². The zero-order valence-corrected chi connectivity index (χ0v) is 12.7. The number of carbonyl (C=O) groups is 1. The molecule has 0 N–H and O–H groups in total. The van der Waals surface area contributed by atoms with Crippen molar-refractivity contribution in [1.29, 1.82) is 0 Å². The molecule has 1 unspecified atom stereocenters. The van der Waals surface area contributed by atoms with E-state index >= 15 is 0 Å². The summed E-state index contributed by atoms with van der Waals surface area (Å²) in [7, 11) is 0. The Balaban J connectivity index is 2.48. The SMILES string of the molecule is CCCC1CCC(=O)N(CC(OCC)OCC)CC1. The van der Waals surface area contributed by atoms with Crippen LogP contribution in [0.2, 0.25) is 0 Å². The molecule has 1 aliphatic heterocycles. The molecule has 1 amide bonds. The van der Waals surface area contributed by atoms with E-state index < -0.39 is 0 Å². The van der Waals surface area contributed by atoms with E-state index in [4.69, 9.17) is 9.47 Å². The smallest absolute Gasteiger partial charge is 0.222 e. The van der Waals surface area contributed by atoms with Crippen molar-refractivity contribution < 1.29 is 14.3 Å². The Kier molecular flexibility index (Phi) is 8.07. The molecule has 112 valence electrons. The second-order valence-corrected chi connectivity index (χ2v) is 5.16. The highest BCUT2D eigenvalue weighted by Crippen LogP contribution is 2.22. The Morgan fingerprint density at radius 1 is 1.21 bits per heavy atom. The third-order valence-corrected chi connectivity index (χ3v) is 3.70.